The van der Waals surface area contributed by atoms with Crippen LogP contribution < -0.4 is 9.88 Å². The standard InChI is InChI=1S/C27H26N4O2S/c28-34(32,24-18-29-31-19-26(16-17-26)20-33-25(24)31)30-27(21-10-4-1-5-11-21,22-12-6-2-7-13-22)23-14-8-3-9-15-23/h1-15,18H,16-17,19-20H2,(H2,28,30,32)/t34-/m1/s1. The van der Waals surface area contributed by atoms with E-state index >= 15 is 0 Å². The minimum atomic E-state index is -3.41. The van der Waals surface area contributed by atoms with E-state index in [0.717, 1.165) is 36.1 Å². The lowest BCUT2D eigenvalue weighted by atomic mass is 9.78. The van der Waals surface area contributed by atoms with Gasteiger partial charge in [-0.2, -0.15) is 9.46 Å². The van der Waals surface area contributed by atoms with Crippen molar-refractivity contribution >= 4 is 9.92 Å². The summed E-state index contributed by atoms with van der Waals surface area (Å²) in [7, 11) is -3.41. The van der Waals surface area contributed by atoms with Gasteiger partial charge in [0, 0.05) is 5.41 Å². The summed E-state index contributed by atoms with van der Waals surface area (Å²) in [6.45, 7) is 1.36. The van der Waals surface area contributed by atoms with Crippen molar-refractivity contribution in [3.05, 3.63) is 114 Å². The summed E-state index contributed by atoms with van der Waals surface area (Å²) in [5.74, 6) is 0.469. The Hall–Kier alpha value is -3.42. The molecule has 6 rings (SSSR count). The minimum Gasteiger partial charge on any atom is -0.476 e. The Morgan fingerprint density at radius 2 is 1.38 bits per heavy atom. The molecule has 0 bridgehead atoms. The van der Waals surface area contributed by atoms with E-state index in [0.29, 0.717) is 17.4 Å². The first-order valence-corrected chi connectivity index (χ1v) is 13.0. The van der Waals surface area contributed by atoms with Gasteiger partial charge in [-0.1, -0.05) is 91.0 Å². The molecule has 1 atom stereocenters. The van der Waals surface area contributed by atoms with E-state index in [1.54, 1.807) is 10.9 Å². The molecule has 0 unspecified atom stereocenters. The van der Waals surface area contributed by atoms with Crippen molar-refractivity contribution in [3.63, 3.8) is 0 Å². The number of rotatable bonds is 5. The molecule has 1 fully saturated rings. The smallest absolute Gasteiger partial charge is 0.230 e. The van der Waals surface area contributed by atoms with Gasteiger partial charge in [-0.15, -0.1) is 0 Å². The average Bonchev–Trinajstić information content (AvgIpc) is 3.48. The van der Waals surface area contributed by atoms with E-state index in [-0.39, 0.29) is 5.41 Å². The molecule has 34 heavy (non-hydrogen) atoms. The first-order chi connectivity index (χ1) is 16.5. The van der Waals surface area contributed by atoms with Crippen LogP contribution in [0.5, 0.6) is 5.88 Å². The Bertz CT molecular complexity index is 1340. The second-order valence-electron chi connectivity index (χ2n) is 9.23. The van der Waals surface area contributed by atoms with Gasteiger partial charge in [0.25, 0.3) is 0 Å². The first kappa shape index (κ1) is 21.1. The molecule has 7 heteroatoms. The number of nitrogens with zero attached hydrogens (tertiary/aromatic N) is 3. The molecule has 1 aliphatic heterocycles. The number of ether oxygens (including phenoxy) is 1. The molecule has 2 aliphatic rings. The predicted octanol–water partition coefficient (Wildman–Crippen LogP) is 4.75. The van der Waals surface area contributed by atoms with Crippen molar-refractivity contribution in [2.24, 2.45) is 14.9 Å². The van der Waals surface area contributed by atoms with Crippen LogP contribution in [0.4, 0.5) is 0 Å². The fraction of sp³-hybridized carbons (Fsp3) is 0.222. The zero-order chi connectivity index (χ0) is 23.2. The van der Waals surface area contributed by atoms with Gasteiger partial charge < -0.3 is 4.74 Å². The zero-order valence-corrected chi connectivity index (χ0v) is 19.5. The molecule has 2 heterocycles. The van der Waals surface area contributed by atoms with Gasteiger partial charge in [0.05, 0.1) is 19.3 Å². The summed E-state index contributed by atoms with van der Waals surface area (Å²) in [6, 6.07) is 29.6. The normalized spacial score (nSPS) is 17.9. The van der Waals surface area contributed by atoms with Crippen LogP contribution in [0.3, 0.4) is 0 Å². The molecule has 0 radical (unpaired) electrons. The van der Waals surface area contributed by atoms with Crippen molar-refractivity contribution in [1.82, 2.24) is 9.78 Å². The number of hydrogen-bond acceptors (Lipinski definition) is 4. The van der Waals surface area contributed by atoms with Gasteiger partial charge >= 0.3 is 0 Å². The van der Waals surface area contributed by atoms with Crippen LogP contribution in [-0.4, -0.2) is 20.6 Å². The van der Waals surface area contributed by atoms with Crippen LogP contribution in [0.15, 0.2) is 106 Å². The number of hydrogen-bond donors (Lipinski definition) is 1. The maximum absolute atomic E-state index is 14.3. The molecule has 0 amide bonds. The van der Waals surface area contributed by atoms with Crippen LogP contribution in [0.1, 0.15) is 29.5 Å². The second-order valence-corrected chi connectivity index (χ2v) is 11.0. The first-order valence-electron chi connectivity index (χ1n) is 11.4. The zero-order valence-electron chi connectivity index (χ0n) is 18.7. The molecule has 1 aliphatic carbocycles. The van der Waals surface area contributed by atoms with Gasteiger partial charge in [0.15, 0.2) is 0 Å². The molecule has 1 spiro atoms. The number of fused-ring (bicyclic) bond motifs is 1. The van der Waals surface area contributed by atoms with E-state index in [9.17, 15) is 4.21 Å². The molecule has 0 saturated heterocycles. The molecule has 1 saturated carbocycles. The van der Waals surface area contributed by atoms with E-state index in [2.05, 4.69) is 5.10 Å². The van der Waals surface area contributed by atoms with E-state index in [1.807, 2.05) is 91.0 Å². The van der Waals surface area contributed by atoms with Gasteiger partial charge in [-0.25, -0.2) is 14.0 Å². The largest absolute Gasteiger partial charge is 0.476 e. The molecule has 6 nitrogen and oxygen atoms in total. The predicted molar refractivity (Wildman–Crippen MR) is 132 cm³/mol. The van der Waals surface area contributed by atoms with Crippen LogP contribution in [-0.2, 0) is 22.0 Å². The van der Waals surface area contributed by atoms with Crippen LogP contribution in [0, 0.1) is 5.41 Å². The van der Waals surface area contributed by atoms with Crippen LogP contribution in [0.25, 0.3) is 0 Å². The Morgan fingerprint density at radius 1 is 0.882 bits per heavy atom. The van der Waals surface area contributed by atoms with Gasteiger partial charge in [0.1, 0.15) is 20.3 Å². The summed E-state index contributed by atoms with van der Waals surface area (Å²) >= 11 is 0. The number of benzene rings is 3. The third-order valence-corrected chi connectivity index (χ3v) is 8.33. The third kappa shape index (κ3) is 3.43. The third-order valence-electron chi connectivity index (χ3n) is 6.88. The lowest BCUT2D eigenvalue weighted by Gasteiger charge is -2.32. The lowest BCUT2D eigenvalue weighted by Crippen LogP contribution is -2.31. The Morgan fingerprint density at radius 3 is 1.85 bits per heavy atom. The van der Waals surface area contributed by atoms with Crippen molar-refractivity contribution in [2.45, 2.75) is 29.8 Å². The topological polar surface area (TPSA) is 82.5 Å². The summed E-state index contributed by atoms with van der Waals surface area (Å²) in [6.07, 6.45) is 3.82. The van der Waals surface area contributed by atoms with E-state index in [1.165, 1.54) is 0 Å². The quantitative estimate of drug-likeness (QED) is 0.428. The summed E-state index contributed by atoms with van der Waals surface area (Å²) < 4.78 is 27.2. The van der Waals surface area contributed by atoms with E-state index in [4.69, 9.17) is 14.2 Å². The SMILES string of the molecule is N[S@@](=O)(=NC(c1ccccc1)(c1ccccc1)c1ccccc1)c1cnn2c1OCC1(CC1)C2. The van der Waals surface area contributed by atoms with Crippen molar-refractivity contribution in [3.8, 4) is 5.88 Å². The highest BCUT2D eigenvalue weighted by molar-refractivity contribution is 7.91. The minimum absolute atomic E-state index is 0.171. The lowest BCUT2D eigenvalue weighted by molar-refractivity contribution is 0.144. The highest BCUT2D eigenvalue weighted by Crippen LogP contribution is 2.51. The fourth-order valence-corrected chi connectivity index (χ4v) is 6.26. The Kier molecular flexibility index (Phi) is 4.86. The van der Waals surface area contributed by atoms with Gasteiger partial charge in [-0.3, -0.25) is 0 Å². The van der Waals surface area contributed by atoms with Crippen molar-refractivity contribution < 1.29 is 8.95 Å². The molecule has 2 N–H and O–H groups in total. The van der Waals surface area contributed by atoms with Crippen LogP contribution in [0.2, 0.25) is 0 Å². The molecular formula is C27H26N4O2S. The molecule has 172 valence electrons. The maximum Gasteiger partial charge on any atom is 0.230 e. The molecular weight excluding hydrogens is 444 g/mol. The Labute approximate surface area is 199 Å². The number of nitrogens with two attached hydrogens (primary N) is 1. The molecule has 4 aromatic rings. The highest BCUT2D eigenvalue weighted by atomic mass is 32.2. The van der Waals surface area contributed by atoms with Crippen LogP contribution >= 0.6 is 0 Å². The summed E-state index contributed by atoms with van der Waals surface area (Å²) in [5.41, 5.74) is 1.72. The van der Waals surface area contributed by atoms with Gasteiger partial charge in [-0.05, 0) is 29.5 Å². The second kappa shape index (κ2) is 7.82. The van der Waals surface area contributed by atoms with E-state index < -0.39 is 15.5 Å². The monoisotopic (exact) mass is 470 g/mol. The number of aromatic nitrogens is 2. The summed E-state index contributed by atoms with van der Waals surface area (Å²) in [4.78, 5) is 0.343. The van der Waals surface area contributed by atoms with Crippen molar-refractivity contribution in [2.75, 3.05) is 6.61 Å². The van der Waals surface area contributed by atoms with Crippen molar-refractivity contribution in [1.29, 1.82) is 0 Å². The molecule has 3 aromatic carbocycles. The average molecular weight is 471 g/mol. The van der Waals surface area contributed by atoms with Gasteiger partial charge in [0.2, 0.25) is 5.88 Å². The molecule has 1 aromatic heterocycles. The maximum atomic E-state index is 14.3. The Balaban J connectivity index is 1.61. The fourth-order valence-electron chi connectivity index (χ4n) is 4.83. The summed E-state index contributed by atoms with van der Waals surface area (Å²) in [5, 5.41) is 11.1. The highest BCUT2D eigenvalue weighted by Gasteiger charge is 2.48.